The van der Waals surface area contributed by atoms with Gasteiger partial charge in [-0.15, -0.1) is 0 Å². The maximum Gasteiger partial charge on any atom is 0.252 e. The van der Waals surface area contributed by atoms with Crippen LogP contribution in [0.1, 0.15) is 154 Å². The van der Waals surface area contributed by atoms with Crippen molar-refractivity contribution < 1.29 is 4.42 Å². The Balaban J connectivity index is 1.06. The highest BCUT2D eigenvalue weighted by atomic mass is 16.3. The third kappa shape index (κ3) is 7.25. The Labute approximate surface area is 510 Å². The Morgan fingerprint density at radius 3 is 1.76 bits per heavy atom. The molecule has 9 aromatic carbocycles. The molecular weight excluding hydrogens is 1040 g/mol. The molecule has 6 aliphatic rings. The second kappa shape index (κ2) is 18.3. The largest absolute Gasteiger partial charge is 0.454 e. The molecule has 4 unspecified atom stereocenters. The Hall–Kier alpha value is -7.96. The molecule has 5 nitrogen and oxygen atoms in total. The molecule has 16 rings (SSSR count). The first kappa shape index (κ1) is 53.5. The first-order valence-corrected chi connectivity index (χ1v) is 32.2. The van der Waals surface area contributed by atoms with Crippen molar-refractivity contribution in [3.8, 4) is 11.1 Å². The van der Waals surface area contributed by atoms with Crippen LogP contribution in [0.5, 0.6) is 0 Å². The van der Waals surface area contributed by atoms with Gasteiger partial charge in [0.25, 0.3) is 6.71 Å². The molecule has 2 saturated carbocycles. The van der Waals surface area contributed by atoms with E-state index in [0.29, 0.717) is 0 Å². The topological polar surface area (TPSA) is 26.1 Å². The molecule has 1 aromatic heterocycles. The smallest absolute Gasteiger partial charge is 0.252 e. The molecule has 10 aromatic rings. The zero-order valence-corrected chi connectivity index (χ0v) is 52.7. The summed E-state index contributed by atoms with van der Waals surface area (Å²) in [6, 6.07) is 68.8. The zero-order chi connectivity index (χ0) is 59.2. The number of fused-ring (bicyclic) bond motifs is 13. The van der Waals surface area contributed by atoms with E-state index in [1.807, 2.05) is 0 Å². The van der Waals surface area contributed by atoms with Gasteiger partial charge in [0.1, 0.15) is 5.58 Å². The summed E-state index contributed by atoms with van der Waals surface area (Å²) in [6.45, 7) is 29.1. The van der Waals surface area contributed by atoms with Crippen LogP contribution in [0.2, 0.25) is 0 Å². The predicted octanol–water partition coefficient (Wildman–Crippen LogP) is 20.0. The fourth-order valence-electron chi connectivity index (χ4n) is 18.0. The third-order valence-electron chi connectivity index (χ3n) is 22.8. The molecule has 86 heavy (non-hydrogen) atoms. The number of nitrogens with zero attached hydrogens (tertiary/aromatic N) is 4. The minimum Gasteiger partial charge on any atom is -0.454 e. The quantitative estimate of drug-likeness (QED) is 0.160. The summed E-state index contributed by atoms with van der Waals surface area (Å²) in [5.41, 5.74) is 28.2. The molecule has 2 aliphatic carbocycles. The fraction of sp³-hybridized carbons (Fsp3) is 0.325. The van der Waals surface area contributed by atoms with Gasteiger partial charge in [0.05, 0.1) is 22.5 Å². The zero-order valence-electron chi connectivity index (χ0n) is 52.7. The lowest BCUT2D eigenvalue weighted by Crippen LogP contribution is -2.62. The number of hydrogen-bond acceptors (Lipinski definition) is 5. The molecule has 4 atom stereocenters. The van der Waals surface area contributed by atoms with Crippen molar-refractivity contribution in [2.75, 3.05) is 19.6 Å². The number of hydrogen-bond donors (Lipinski definition) is 0. The molecule has 430 valence electrons. The molecular formula is C80H81BN4O. The average molecular weight is 1130 g/mol. The van der Waals surface area contributed by atoms with E-state index in [-0.39, 0.29) is 39.5 Å². The van der Waals surface area contributed by atoms with E-state index >= 15 is 0 Å². The van der Waals surface area contributed by atoms with Crippen LogP contribution in [0, 0.1) is 13.8 Å². The van der Waals surface area contributed by atoms with Gasteiger partial charge < -0.3 is 24.0 Å². The molecule has 0 spiro atoms. The van der Waals surface area contributed by atoms with Gasteiger partial charge >= 0.3 is 0 Å². The number of rotatable bonds is 5. The van der Waals surface area contributed by atoms with E-state index in [4.69, 9.17) is 4.42 Å². The number of benzene rings is 9. The lowest BCUT2D eigenvalue weighted by Gasteiger charge is -2.51. The lowest BCUT2D eigenvalue weighted by molar-refractivity contribution is 0.194. The normalized spacial score (nSPS) is 22.8. The van der Waals surface area contributed by atoms with Gasteiger partial charge in [0.2, 0.25) is 0 Å². The van der Waals surface area contributed by atoms with Gasteiger partial charge in [-0.3, -0.25) is 0 Å². The summed E-state index contributed by atoms with van der Waals surface area (Å²) in [4.78, 5) is 11.0. The van der Waals surface area contributed by atoms with Crippen molar-refractivity contribution in [2.45, 2.75) is 167 Å². The SMILES string of the molecule is Cc1cc(C)c2c(c1)N(c1ccc3c(c1)N(c1ccc(C(C)(C)C)cc1-c1ccccc1)c1cc(N4c5ccccc5C5(C)CCCCC45C)cc4c1B3c1ccc(C(C)(C)C)cc1N4c1cccc3c1oc1ccccc13)C1(C)CCCCC21C. The molecule has 0 N–H and O–H groups in total. The number of para-hydroxylation sites is 3. The number of aryl methyl sites for hydroxylation is 2. The van der Waals surface area contributed by atoms with Crippen LogP contribution in [0.15, 0.2) is 180 Å². The summed E-state index contributed by atoms with van der Waals surface area (Å²) in [5.74, 6) is 0. The van der Waals surface area contributed by atoms with Crippen molar-refractivity contribution in [2.24, 2.45) is 0 Å². The molecule has 6 heteroatoms. The molecule has 0 amide bonds. The fourth-order valence-corrected chi connectivity index (χ4v) is 18.0. The van der Waals surface area contributed by atoms with Gasteiger partial charge in [-0.05, 0) is 186 Å². The Kier molecular flexibility index (Phi) is 11.4. The molecule has 2 fully saturated rings. The van der Waals surface area contributed by atoms with Gasteiger partial charge in [0.15, 0.2) is 5.58 Å². The Morgan fingerprint density at radius 1 is 0.442 bits per heavy atom. The van der Waals surface area contributed by atoms with E-state index in [1.165, 1.54) is 144 Å². The standard InChI is InChI=1S/C80H81BN4O/c1-50-43-51(2)72-68(44-50)84(80(12)42-23-21-40-78(72,80)10)55-35-37-62-67(47-55)82(63-38-34-53(75(3,4)5)45-59(63)52-25-14-13-15-26-52)69-48-56(85-64-30-18-17-29-60(64)77(9)39-20-22-41-79(77,85)11)49-70-73(69)81(62)61-36-33-54(76(6,7)8)46-66(61)83(70)65-31-24-28-58-57-27-16-19-32-71(57)86-74(58)65/h13-19,24-38,43-49H,20-23,39-42H2,1-12H3. The minimum atomic E-state index is -0.194. The van der Waals surface area contributed by atoms with Gasteiger partial charge in [0, 0.05) is 72.7 Å². The van der Waals surface area contributed by atoms with Crippen LogP contribution >= 0.6 is 0 Å². The third-order valence-corrected chi connectivity index (χ3v) is 22.8. The second-order valence-electron chi connectivity index (χ2n) is 29.7. The summed E-state index contributed by atoms with van der Waals surface area (Å²) in [7, 11) is 0. The molecule has 0 bridgehead atoms. The number of furan rings is 1. The summed E-state index contributed by atoms with van der Waals surface area (Å²) >= 11 is 0. The summed E-state index contributed by atoms with van der Waals surface area (Å²) in [5, 5.41) is 2.26. The first-order valence-electron chi connectivity index (χ1n) is 32.2. The Bertz CT molecular complexity index is 4480. The van der Waals surface area contributed by atoms with Gasteiger partial charge in [-0.1, -0.05) is 190 Å². The van der Waals surface area contributed by atoms with Crippen molar-refractivity contribution in [3.05, 3.63) is 209 Å². The van der Waals surface area contributed by atoms with E-state index in [9.17, 15) is 0 Å². The summed E-state index contributed by atoms with van der Waals surface area (Å²) in [6.07, 6.45) is 9.45. The van der Waals surface area contributed by atoms with Crippen molar-refractivity contribution in [1.29, 1.82) is 0 Å². The van der Waals surface area contributed by atoms with Crippen LogP contribution in [0.4, 0.5) is 56.9 Å². The average Bonchev–Trinajstić information content (AvgIpc) is 1.26. The Morgan fingerprint density at radius 2 is 1.01 bits per heavy atom. The van der Waals surface area contributed by atoms with Gasteiger partial charge in [-0.2, -0.15) is 0 Å². The van der Waals surface area contributed by atoms with E-state index in [0.717, 1.165) is 46.9 Å². The molecule has 5 heterocycles. The highest BCUT2D eigenvalue weighted by molar-refractivity contribution is 7.00. The van der Waals surface area contributed by atoms with E-state index in [2.05, 4.69) is 279 Å². The van der Waals surface area contributed by atoms with Crippen LogP contribution in [-0.4, -0.2) is 17.8 Å². The van der Waals surface area contributed by atoms with Crippen molar-refractivity contribution in [1.82, 2.24) is 0 Å². The maximum atomic E-state index is 7.18. The van der Waals surface area contributed by atoms with Crippen molar-refractivity contribution >= 4 is 102 Å². The van der Waals surface area contributed by atoms with Crippen LogP contribution in [-0.2, 0) is 21.7 Å². The second-order valence-corrected chi connectivity index (χ2v) is 29.7. The highest BCUT2D eigenvalue weighted by Gasteiger charge is 2.60. The molecule has 0 saturated heterocycles. The highest BCUT2D eigenvalue weighted by Crippen LogP contribution is 2.64. The monoisotopic (exact) mass is 1120 g/mol. The van der Waals surface area contributed by atoms with Gasteiger partial charge in [-0.25, -0.2) is 0 Å². The van der Waals surface area contributed by atoms with Crippen molar-refractivity contribution in [3.63, 3.8) is 0 Å². The first-order chi connectivity index (χ1) is 41.2. The maximum absolute atomic E-state index is 7.18. The van der Waals surface area contributed by atoms with E-state index < -0.39 is 0 Å². The lowest BCUT2D eigenvalue weighted by atomic mass is 9.33. The minimum absolute atomic E-state index is 0.0113. The van der Waals surface area contributed by atoms with Crippen LogP contribution in [0.25, 0.3) is 33.1 Å². The molecule has 4 aliphatic heterocycles. The summed E-state index contributed by atoms with van der Waals surface area (Å²) < 4.78 is 7.18. The number of anilines is 10. The van der Waals surface area contributed by atoms with E-state index in [1.54, 1.807) is 0 Å². The van der Waals surface area contributed by atoms with Crippen LogP contribution in [0.3, 0.4) is 0 Å². The van der Waals surface area contributed by atoms with Crippen LogP contribution < -0.4 is 36.0 Å². The molecule has 0 radical (unpaired) electrons. The predicted molar refractivity (Wildman–Crippen MR) is 366 cm³/mol.